The molecule has 1 aromatic carbocycles. The van der Waals surface area contributed by atoms with Gasteiger partial charge in [-0.15, -0.1) is 0 Å². The highest BCUT2D eigenvalue weighted by molar-refractivity contribution is 5.83. The third kappa shape index (κ3) is 3.15. The van der Waals surface area contributed by atoms with Crippen LogP contribution >= 0.6 is 0 Å². The zero-order valence-corrected chi connectivity index (χ0v) is 12.3. The Morgan fingerprint density at radius 3 is 2.81 bits per heavy atom. The maximum Gasteiger partial charge on any atom is 0.227 e. The molecule has 1 N–H and O–H groups in total. The molecular weight excluding hydrogens is 262 g/mol. The normalized spacial score (nSPS) is 15.7. The maximum absolute atomic E-state index is 12.4. The third-order valence-corrected chi connectivity index (χ3v) is 4.06. The second-order valence-electron chi connectivity index (χ2n) is 5.61. The van der Waals surface area contributed by atoms with Crippen LogP contribution in [0.25, 0.3) is 0 Å². The van der Waals surface area contributed by atoms with Gasteiger partial charge in [0.05, 0.1) is 24.5 Å². The van der Waals surface area contributed by atoms with Crippen LogP contribution in [0.5, 0.6) is 0 Å². The number of hydrogen-bond acceptors (Lipinski definition) is 2. The molecule has 3 rings (SSSR count). The van der Waals surface area contributed by atoms with Crippen LogP contribution in [0, 0.1) is 0 Å². The average molecular weight is 283 g/mol. The molecule has 2 aromatic rings. The lowest BCUT2D eigenvalue weighted by Crippen LogP contribution is -2.29. The van der Waals surface area contributed by atoms with Gasteiger partial charge in [-0.2, -0.15) is 0 Å². The van der Waals surface area contributed by atoms with E-state index in [-0.39, 0.29) is 11.8 Å². The molecule has 21 heavy (non-hydrogen) atoms. The lowest BCUT2D eigenvalue weighted by Gasteiger charge is -2.16. The minimum absolute atomic E-state index is 0.0801. The first kappa shape index (κ1) is 13.9. The van der Waals surface area contributed by atoms with Crippen LogP contribution in [0.3, 0.4) is 0 Å². The molecule has 1 aliphatic carbocycles. The Labute approximate surface area is 125 Å². The van der Waals surface area contributed by atoms with Crippen LogP contribution in [0.15, 0.2) is 42.9 Å². The van der Waals surface area contributed by atoms with Crippen LogP contribution < -0.4 is 5.32 Å². The van der Waals surface area contributed by atoms with Crippen molar-refractivity contribution in [3.05, 3.63) is 54.1 Å². The Morgan fingerprint density at radius 1 is 1.38 bits per heavy atom. The minimum Gasteiger partial charge on any atom is -0.350 e. The zero-order valence-electron chi connectivity index (χ0n) is 12.3. The van der Waals surface area contributed by atoms with Crippen molar-refractivity contribution in [1.29, 1.82) is 0 Å². The topological polar surface area (TPSA) is 46.9 Å². The number of hydrogen-bond donors (Lipinski definition) is 1. The second-order valence-corrected chi connectivity index (χ2v) is 5.61. The first-order valence-corrected chi connectivity index (χ1v) is 7.63. The van der Waals surface area contributed by atoms with E-state index in [1.165, 1.54) is 12.8 Å². The van der Waals surface area contributed by atoms with Gasteiger partial charge < -0.3 is 9.88 Å². The standard InChI is InChI=1S/C17H21N3O/c1-2-16(13-6-4-3-5-7-13)17(21)19-11-15-10-18-12-20(15)14-8-9-14/h3-7,10,12,14,16H,2,8-9,11H2,1H3,(H,19,21)/t16-/m1/s1. The Balaban J connectivity index is 1.64. The summed E-state index contributed by atoms with van der Waals surface area (Å²) >= 11 is 0. The fourth-order valence-corrected chi connectivity index (χ4v) is 2.71. The van der Waals surface area contributed by atoms with Crippen molar-refractivity contribution in [2.75, 3.05) is 0 Å². The van der Waals surface area contributed by atoms with Gasteiger partial charge in [0, 0.05) is 12.2 Å². The van der Waals surface area contributed by atoms with Gasteiger partial charge in [0.2, 0.25) is 5.91 Å². The van der Waals surface area contributed by atoms with Crippen molar-refractivity contribution in [2.24, 2.45) is 0 Å². The van der Waals surface area contributed by atoms with E-state index < -0.39 is 0 Å². The summed E-state index contributed by atoms with van der Waals surface area (Å²) in [6, 6.07) is 10.6. The number of aromatic nitrogens is 2. The largest absolute Gasteiger partial charge is 0.350 e. The molecule has 0 spiro atoms. The number of benzene rings is 1. The van der Waals surface area contributed by atoms with E-state index >= 15 is 0 Å². The monoisotopic (exact) mass is 283 g/mol. The zero-order chi connectivity index (χ0) is 14.7. The maximum atomic E-state index is 12.4. The van der Waals surface area contributed by atoms with E-state index in [4.69, 9.17) is 0 Å². The summed E-state index contributed by atoms with van der Waals surface area (Å²) in [7, 11) is 0. The summed E-state index contributed by atoms with van der Waals surface area (Å²) in [4.78, 5) is 16.6. The molecule has 0 unspecified atom stereocenters. The van der Waals surface area contributed by atoms with Gasteiger partial charge in [0.1, 0.15) is 0 Å². The summed E-state index contributed by atoms with van der Waals surface area (Å²) in [6.45, 7) is 2.60. The molecule has 1 aliphatic rings. The highest BCUT2D eigenvalue weighted by Gasteiger charge is 2.25. The van der Waals surface area contributed by atoms with Crippen LogP contribution in [0.1, 0.15) is 49.4 Å². The highest BCUT2D eigenvalue weighted by atomic mass is 16.1. The predicted octanol–water partition coefficient (Wildman–Crippen LogP) is 3.03. The van der Waals surface area contributed by atoms with Gasteiger partial charge in [0.25, 0.3) is 0 Å². The molecule has 4 nitrogen and oxygen atoms in total. The molecule has 1 saturated carbocycles. The first-order valence-electron chi connectivity index (χ1n) is 7.63. The molecule has 1 atom stereocenters. The molecule has 0 saturated heterocycles. The smallest absolute Gasteiger partial charge is 0.227 e. The Hall–Kier alpha value is -2.10. The van der Waals surface area contributed by atoms with Crippen molar-refractivity contribution in [3.63, 3.8) is 0 Å². The average Bonchev–Trinajstić information content (AvgIpc) is 3.25. The fraction of sp³-hybridized carbons (Fsp3) is 0.412. The van der Waals surface area contributed by atoms with Crippen LogP contribution in [-0.4, -0.2) is 15.5 Å². The molecule has 1 aromatic heterocycles. The van der Waals surface area contributed by atoms with E-state index in [0.29, 0.717) is 12.6 Å². The lowest BCUT2D eigenvalue weighted by molar-refractivity contribution is -0.122. The highest BCUT2D eigenvalue weighted by Crippen LogP contribution is 2.35. The number of nitrogens with zero attached hydrogens (tertiary/aromatic N) is 2. The number of rotatable bonds is 6. The SMILES string of the molecule is CC[C@@H](C(=O)NCc1cncn1C1CC1)c1ccccc1. The molecule has 1 heterocycles. The number of amides is 1. The number of nitrogens with one attached hydrogen (secondary N) is 1. The quantitative estimate of drug-likeness (QED) is 0.885. The van der Waals surface area contributed by atoms with E-state index in [2.05, 4.69) is 14.9 Å². The number of imidazole rings is 1. The summed E-state index contributed by atoms with van der Waals surface area (Å²) in [5.74, 6) is 0.00995. The summed E-state index contributed by atoms with van der Waals surface area (Å²) in [5.41, 5.74) is 2.17. The molecule has 1 fully saturated rings. The van der Waals surface area contributed by atoms with Gasteiger partial charge in [-0.05, 0) is 24.8 Å². The summed E-state index contributed by atoms with van der Waals surface area (Å²) in [5, 5.41) is 3.06. The number of carbonyl (C=O) groups is 1. The van der Waals surface area contributed by atoms with Gasteiger partial charge in [-0.1, -0.05) is 37.3 Å². The Bertz CT molecular complexity index is 602. The molecule has 110 valence electrons. The molecule has 0 bridgehead atoms. The van der Waals surface area contributed by atoms with E-state index in [1.807, 2.05) is 49.8 Å². The van der Waals surface area contributed by atoms with E-state index in [9.17, 15) is 4.79 Å². The first-order chi connectivity index (χ1) is 10.3. The van der Waals surface area contributed by atoms with Gasteiger partial charge in [0.15, 0.2) is 0 Å². The van der Waals surface area contributed by atoms with Crippen molar-refractivity contribution in [1.82, 2.24) is 14.9 Å². The van der Waals surface area contributed by atoms with Crippen LogP contribution in [0.4, 0.5) is 0 Å². The van der Waals surface area contributed by atoms with Gasteiger partial charge in [-0.25, -0.2) is 4.98 Å². The van der Waals surface area contributed by atoms with E-state index in [1.54, 1.807) is 0 Å². The molecule has 0 aliphatic heterocycles. The summed E-state index contributed by atoms with van der Waals surface area (Å²) in [6.07, 6.45) is 6.96. The van der Waals surface area contributed by atoms with Gasteiger partial charge in [-0.3, -0.25) is 4.79 Å². The molecule has 4 heteroatoms. The lowest BCUT2D eigenvalue weighted by atomic mass is 9.96. The molecular formula is C17H21N3O. The van der Waals surface area contributed by atoms with Crippen LogP contribution in [-0.2, 0) is 11.3 Å². The molecule has 0 radical (unpaired) electrons. The summed E-state index contributed by atoms with van der Waals surface area (Å²) < 4.78 is 2.18. The fourth-order valence-electron chi connectivity index (χ4n) is 2.71. The Kier molecular flexibility index (Phi) is 4.04. The molecule has 1 amide bonds. The number of carbonyl (C=O) groups excluding carboxylic acids is 1. The van der Waals surface area contributed by atoms with Crippen molar-refractivity contribution < 1.29 is 4.79 Å². The van der Waals surface area contributed by atoms with Crippen molar-refractivity contribution in [2.45, 2.75) is 44.7 Å². The van der Waals surface area contributed by atoms with Crippen molar-refractivity contribution >= 4 is 5.91 Å². The third-order valence-electron chi connectivity index (χ3n) is 4.06. The van der Waals surface area contributed by atoms with Crippen molar-refractivity contribution in [3.8, 4) is 0 Å². The van der Waals surface area contributed by atoms with Crippen LogP contribution in [0.2, 0.25) is 0 Å². The second kappa shape index (κ2) is 6.12. The Morgan fingerprint density at radius 2 is 2.14 bits per heavy atom. The predicted molar refractivity (Wildman–Crippen MR) is 81.8 cm³/mol. The van der Waals surface area contributed by atoms with E-state index in [0.717, 1.165) is 17.7 Å². The van der Waals surface area contributed by atoms with Gasteiger partial charge >= 0.3 is 0 Å². The minimum atomic E-state index is -0.0801.